The van der Waals surface area contributed by atoms with Crippen LogP contribution in [0.3, 0.4) is 0 Å². The molecule has 1 aromatic carbocycles. The van der Waals surface area contributed by atoms with Gasteiger partial charge in [-0.15, -0.1) is 0 Å². The minimum Gasteiger partial charge on any atom is -0.392 e. The van der Waals surface area contributed by atoms with E-state index in [1.807, 2.05) is 37.3 Å². The van der Waals surface area contributed by atoms with E-state index >= 15 is 0 Å². The fourth-order valence-corrected chi connectivity index (χ4v) is 1.76. The lowest BCUT2D eigenvalue weighted by Gasteiger charge is -2.09. The molecule has 3 nitrogen and oxygen atoms in total. The largest absolute Gasteiger partial charge is 0.392 e. The molecule has 0 spiro atoms. The zero-order valence-corrected chi connectivity index (χ0v) is 9.76. The van der Waals surface area contributed by atoms with Crippen LogP contribution in [-0.2, 0) is 13.2 Å². The topological polar surface area (TPSA) is 42.2 Å². The molecule has 0 unspecified atom stereocenters. The highest BCUT2D eigenvalue weighted by molar-refractivity contribution is 5.22. The average Bonchev–Trinajstić information content (AvgIpc) is 2.35. The Bertz CT molecular complexity index is 555. The second-order valence-electron chi connectivity index (χ2n) is 4.07. The summed E-state index contributed by atoms with van der Waals surface area (Å²) >= 11 is 0. The van der Waals surface area contributed by atoms with Crippen LogP contribution in [-0.4, -0.2) is 9.67 Å². The molecule has 3 heteroatoms. The van der Waals surface area contributed by atoms with E-state index in [-0.39, 0.29) is 12.2 Å². The van der Waals surface area contributed by atoms with Gasteiger partial charge in [-0.25, -0.2) is 0 Å². The maximum Gasteiger partial charge on any atom is 0.251 e. The molecule has 0 aliphatic carbocycles. The predicted molar refractivity (Wildman–Crippen MR) is 66.9 cm³/mol. The van der Waals surface area contributed by atoms with Gasteiger partial charge in [-0.1, -0.05) is 30.3 Å². The van der Waals surface area contributed by atoms with Gasteiger partial charge in [0.1, 0.15) is 0 Å². The van der Waals surface area contributed by atoms with E-state index in [2.05, 4.69) is 0 Å². The number of aryl methyl sites for hydroxylation is 1. The van der Waals surface area contributed by atoms with Crippen LogP contribution < -0.4 is 5.56 Å². The van der Waals surface area contributed by atoms with E-state index in [9.17, 15) is 4.79 Å². The molecule has 1 aromatic heterocycles. The van der Waals surface area contributed by atoms with Gasteiger partial charge in [0, 0.05) is 11.8 Å². The number of hydrogen-bond acceptors (Lipinski definition) is 2. The van der Waals surface area contributed by atoms with Gasteiger partial charge in [-0.05, 0) is 24.1 Å². The van der Waals surface area contributed by atoms with E-state index in [1.54, 1.807) is 16.7 Å². The molecule has 0 saturated carbocycles. The SMILES string of the molecule is Cc1cccc(=O)n1Cc1ccc(CO)cc1. The third kappa shape index (κ3) is 2.63. The van der Waals surface area contributed by atoms with E-state index in [0.717, 1.165) is 16.8 Å². The Morgan fingerprint density at radius 3 is 2.29 bits per heavy atom. The van der Waals surface area contributed by atoms with Gasteiger partial charge in [-0.3, -0.25) is 4.79 Å². The second kappa shape index (κ2) is 4.97. The summed E-state index contributed by atoms with van der Waals surface area (Å²) in [6, 6.07) is 12.9. The summed E-state index contributed by atoms with van der Waals surface area (Å²) in [5.74, 6) is 0. The first-order valence-electron chi connectivity index (χ1n) is 5.56. The van der Waals surface area contributed by atoms with Crippen molar-refractivity contribution in [2.45, 2.75) is 20.1 Å². The highest BCUT2D eigenvalue weighted by Crippen LogP contribution is 2.06. The summed E-state index contributed by atoms with van der Waals surface area (Å²) in [4.78, 5) is 11.7. The number of hydrogen-bond donors (Lipinski definition) is 1. The molecule has 1 N–H and O–H groups in total. The highest BCUT2D eigenvalue weighted by Gasteiger charge is 2.00. The van der Waals surface area contributed by atoms with Crippen LogP contribution in [0.15, 0.2) is 47.3 Å². The van der Waals surface area contributed by atoms with Crippen molar-refractivity contribution in [1.29, 1.82) is 0 Å². The number of aromatic nitrogens is 1. The summed E-state index contributed by atoms with van der Waals surface area (Å²) in [6.45, 7) is 2.53. The van der Waals surface area contributed by atoms with Crippen molar-refractivity contribution in [3.8, 4) is 0 Å². The first kappa shape index (κ1) is 11.6. The summed E-state index contributed by atoms with van der Waals surface area (Å²) in [6.07, 6.45) is 0. The smallest absolute Gasteiger partial charge is 0.251 e. The molecule has 2 aromatic rings. The van der Waals surface area contributed by atoms with Gasteiger partial charge in [-0.2, -0.15) is 0 Å². The normalized spacial score (nSPS) is 10.5. The third-order valence-corrected chi connectivity index (χ3v) is 2.81. The lowest BCUT2D eigenvalue weighted by molar-refractivity contribution is 0.282. The molecule has 0 aliphatic heterocycles. The fourth-order valence-electron chi connectivity index (χ4n) is 1.76. The van der Waals surface area contributed by atoms with Gasteiger partial charge in [0.15, 0.2) is 0 Å². The molecular formula is C14H15NO2. The summed E-state index contributed by atoms with van der Waals surface area (Å²) < 4.78 is 1.73. The summed E-state index contributed by atoms with van der Waals surface area (Å²) in [5, 5.41) is 8.95. The quantitative estimate of drug-likeness (QED) is 0.870. The Morgan fingerprint density at radius 2 is 1.71 bits per heavy atom. The Morgan fingerprint density at radius 1 is 1.06 bits per heavy atom. The standard InChI is InChI=1S/C14H15NO2/c1-11-3-2-4-14(17)15(11)9-12-5-7-13(10-16)8-6-12/h2-8,16H,9-10H2,1H3. The number of pyridine rings is 1. The monoisotopic (exact) mass is 229 g/mol. The molecule has 0 amide bonds. The average molecular weight is 229 g/mol. The Hall–Kier alpha value is -1.87. The fraction of sp³-hybridized carbons (Fsp3) is 0.214. The zero-order valence-electron chi connectivity index (χ0n) is 9.76. The van der Waals surface area contributed by atoms with Gasteiger partial charge < -0.3 is 9.67 Å². The van der Waals surface area contributed by atoms with Crippen molar-refractivity contribution in [1.82, 2.24) is 4.57 Å². The minimum atomic E-state index is 0.0104. The number of benzene rings is 1. The number of nitrogens with zero attached hydrogens (tertiary/aromatic N) is 1. The lowest BCUT2D eigenvalue weighted by atomic mass is 10.1. The first-order valence-corrected chi connectivity index (χ1v) is 5.56. The predicted octanol–water partition coefficient (Wildman–Crippen LogP) is 1.70. The van der Waals surface area contributed by atoms with Gasteiger partial charge >= 0.3 is 0 Å². The van der Waals surface area contributed by atoms with E-state index in [1.165, 1.54) is 0 Å². The Kier molecular flexibility index (Phi) is 3.40. The van der Waals surface area contributed by atoms with Crippen LogP contribution in [0.2, 0.25) is 0 Å². The molecule has 0 aliphatic rings. The molecule has 0 bridgehead atoms. The van der Waals surface area contributed by atoms with Crippen LogP contribution >= 0.6 is 0 Å². The van der Waals surface area contributed by atoms with Gasteiger partial charge in [0.2, 0.25) is 0 Å². The van der Waals surface area contributed by atoms with Gasteiger partial charge in [0.25, 0.3) is 5.56 Å². The minimum absolute atomic E-state index is 0.0104. The first-order chi connectivity index (χ1) is 8.20. The van der Waals surface area contributed by atoms with Crippen LogP contribution in [0.5, 0.6) is 0 Å². The molecule has 0 saturated heterocycles. The maximum atomic E-state index is 11.7. The molecule has 1 heterocycles. The van der Waals surface area contributed by atoms with Crippen LogP contribution in [0.4, 0.5) is 0 Å². The summed E-state index contributed by atoms with van der Waals surface area (Å²) in [5.41, 5.74) is 2.89. The molecule has 88 valence electrons. The van der Waals surface area contributed by atoms with Crippen LogP contribution in [0.1, 0.15) is 16.8 Å². The van der Waals surface area contributed by atoms with Crippen LogP contribution in [0.25, 0.3) is 0 Å². The third-order valence-electron chi connectivity index (χ3n) is 2.81. The van der Waals surface area contributed by atoms with E-state index in [4.69, 9.17) is 5.11 Å². The van der Waals surface area contributed by atoms with Crippen LogP contribution in [0, 0.1) is 6.92 Å². The molecule has 0 atom stereocenters. The number of rotatable bonds is 3. The molecule has 0 fully saturated rings. The molecule has 17 heavy (non-hydrogen) atoms. The molecular weight excluding hydrogens is 214 g/mol. The zero-order chi connectivity index (χ0) is 12.3. The second-order valence-corrected chi connectivity index (χ2v) is 4.07. The van der Waals surface area contributed by atoms with Gasteiger partial charge in [0.05, 0.1) is 13.2 Å². The number of aliphatic hydroxyl groups is 1. The van der Waals surface area contributed by atoms with Crippen molar-refractivity contribution in [3.63, 3.8) is 0 Å². The lowest BCUT2D eigenvalue weighted by Crippen LogP contribution is -2.21. The molecule has 0 radical (unpaired) electrons. The van der Waals surface area contributed by atoms with Crippen molar-refractivity contribution < 1.29 is 5.11 Å². The van der Waals surface area contributed by atoms with Crippen molar-refractivity contribution >= 4 is 0 Å². The molecule has 2 rings (SSSR count). The Labute approximate surface area is 100.0 Å². The van der Waals surface area contributed by atoms with E-state index in [0.29, 0.717) is 6.54 Å². The Balaban J connectivity index is 2.28. The highest BCUT2D eigenvalue weighted by atomic mass is 16.3. The van der Waals surface area contributed by atoms with E-state index < -0.39 is 0 Å². The van der Waals surface area contributed by atoms with Crippen molar-refractivity contribution in [3.05, 3.63) is 69.6 Å². The maximum absolute atomic E-state index is 11.7. The number of aliphatic hydroxyl groups excluding tert-OH is 1. The van der Waals surface area contributed by atoms with Crippen molar-refractivity contribution in [2.24, 2.45) is 0 Å². The summed E-state index contributed by atoms with van der Waals surface area (Å²) in [7, 11) is 0. The van der Waals surface area contributed by atoms with Crippen molar-refractivity contribution in [2.75, 3.05) is 0 Å².